The van der Waals surface area contributed by atoms with Crippen LogP contribution < -0.4 is 9.47 Å². The molecule has 0 aliphatic carbocycles. The summed E-state index contributed by atoms with van der Waals surface area (Å²) in [5.41, 5.74) is 0.761. The second kappa shape index (κ2) is 6.41. The van der Waals surface area contributed by atoms with Crippen LogP contribution in [0.2, 0.25) is 0 Å². The smallest absolute Gasteiger partial charge is 0.129 e. The van der Waals surface area contributed by atoms with E-state index in [9.17, 15) is 5.11 Å². The standard InChI is InChI=1S/C14H15BrO3S/c1-9(16)12-5-3-10(17-2)7-13(12)18-8-11-4-6-14(15)19-11/h3-7,9,16H,8H2,1-2H3/t9-/m0/s1. The molecule has 1 N–H and O–H groups in total. The first-order valence-corrected chi connectivity index (χ1v) is 7.44. The second-order valence-electron chi connectivity index (χ2n) is 4.07. The summed E-state index contributed by atoms with van der Waals surface area (Å²) in [6.07, 6.45) is -0.573. The minimum atomic E-state index is -0.573. The molecule has 0 radical (unpaired) electrons. The Labute approximate surface area is 124 Å². The van der Waals surface area contributed by atoms with Crippen LogP contribution in [0.3, 0.4) is 0 Å². The van der Waals surface area contributed by atoms with E-state index in [0.717, 1.165) is 14.2 Å². The summed E-state index contributed by atoms with van der Waals surface area (Å²) in [5, 5.41) is 9.74. The average molecular weight is 343 g/mol. The number of rotatable bonds is 5. The Bertz CT molecular complexity index is 551. The number of halogens is 1. The zero-order valence-corrected chi connectivity index (χ0v) is 13.1. The van der Waals surface area contributed by atoms with Gasteiger partial charge in [0.25, 0.3) is 0 Å². The molecule has 3 nitrogen and oxygen atoms in total. The van der Waals surface area contributed by atoms with Crippen molar-refractivity contribution in [2.24, 2.45) is 0 Å². The topological polar surface area (TPSA) is 38.7 Å². The van der Waals surface area contributed by atoms with Crippen molar-refractivity contribution in [1.29, 1.82) is 0 Å². The minimum absolute atomic E-state index is 0.475. The first-order valence-electron chi connectivity index (χ1n) is 5.83. The van der Waals surface area contributed by atoms with Gasteiger partial charge in [0, 0.05) is 16.5 Å². The Balaban J connectivity index is 2.17. The quantitative estimate of drug-likeness (QED) is 0.886. The van der Waals surface area contributed by atoms with Gasteiger partial charge in [-0.2, -0.15) is 0 Å². The molecule has 1 aromatic heterocycles. The molecule has 0 saturated heterocycles. The normalized spacial score (nSPS) is 12.2. The molecular formula is C14H15BrO3S. The molecule has 0 bridgehead atoms. The number of aliphatic hydroxyl groups is 1. The van der Waals surface area contributed by atoms with Crippen LogP contribution in [0.25, 0.3) is 0 Å². The lowest BCUT2D eigenvalue weighted by atomic mass is 10.1. The molecule has 1 atom stereocenters. The predicted octanol–water partition coefficient (Wildman–Crippen LogP) is 4.15. The molecule has 0 aliphatic rings. The third-order valence-corrected chi connectivity index (χ3v) is 4.27. The molecule has 0 spiro atoms. The number of hydrogen-bond acceptors (Lipinski definition) is 4. The summed E-state index contributed by atoms with van der Waals surface area (Å²) in [7, 11) is 1.61. The molecule has 2 aromatic rings. The van der Waals surface area contributed by atoms with Gasteiger partial charge in [-0.25, -0.2) is 0 Å². The summed E-state index contributed by atoms with van der Waals surface area (Å²) < 4.78 is 12.0. The predicted molar refractivity (Wildman–Crippen MR) is 80.0 cm³/mol. The molecule has 1 aromatic carbocycles. The van der Waals surface area contributed by atoms with Crippen LogP contribution in [0.15, 0.2) is 34.1 Å². The van der Waals surface area contributed by atoms with Crippen molar-refractivity contribution in [3.63, 3.8) is 0 Å². The van der Waals surface area contributed by atoms with E-state index in [1.165, 1.54) is 0 Å². The van der Waals surface area contributed by atoms with E-state index in [2.05, 4.69) is 15.9 Å². The molecule has 5 heteroatoms. The third kappa shape index (κ3) is 3.72. The van der Waals surface area contributed by atoms with Gasteiger partial charge < -0.3 is 14.6 Å². The van der Waals surface area contributed by atoms with E-state index in [0.29, 0.717) is 18.1 Å². The van der Waals surface area contributed by atoms with Crippen LogP contribution in [-0.2, 0) is 6.61 Å². The summed E-state index contributed by atoms with van der Waals surface area (Å²) in [6.45, 7) is 2.19. The first-order chi connectivity index (χ1) is 9.10. The lowest BCUT2D eigenvalue weighted by Crippen LogP contribution is -2.00. The Morgan fingerprint density at radius 3 is 2.68 bits per heavy atom. The number of ether oxygens (including phenoxy) is 2. The van der Waals surface area contributed by atoms with Gasteiger partial charge in [0.15, 0.2) is 0 Å². The molecular weight excluding hydrogens is 328 g/mol. The number of aliphatic hydroxyl groups excluding tert-OH is 1. The highest BCUT2D eigenvalue weighted by molar-refractivity contribution is 9.11. The van der Waals surface area contributed by atoms with Crippen LogP contribution in [0.1, 0.15) is 23.5 Å². The van der Waals surface area contributed by atoms with Crippen molar-refractivity contribution in [2.75, 3.05) is 7.11 Å². The zero-order chi connectivity index (χ0) is 13.8. The van der Waals surface area contributed by atoms with Crippen LogP contribution in [0, 0.1) is 0 Å². The molecule has 0 unspecified atom stereocenters. The number of benzene rings is 1. The Morgan fingerprint density at radius 1 is 1.32 bits per heavy atom. The molecule has 0 amide bonds. The molecule has 0 saturated carbocycles. The second-order valence-corrected chi connectivity index (χ2v) is 6.62. The van der Waals surface area contributed by atoms with E-state index in [4.69, 9.17) is 9.47 Å². The van der Waals surface area contributed by atoms with Crippen LogP contribution in [-0.4, -0.2) is 12.2 Å². The minimum Gasteiger partial charge on any atom is -0.497 e. The van der Waals surface area contributed by atoms with Gasteiger partial charge in [0.1, 0.15) is 18.1 Å². The molecule has 19 heavy (non-hydrogen) atoms. The van der Waals surface area contributed by atoms with Crippen molar-refractivity contribution in [2.45, 2.75) is 19.6 Å². The molecule has 1 heterocycles. The van der Waals surface area contributed by atoms with Gasteiger partial charge >= 0.3 is 0 Å². The maximum absolute atomic E-state index is 9.74. The molecule has 2 rings (SSSR count). The van der Waals surface area contributed by atoms with Gasteiger partial charge in [-0.05, 0) is 47.1 Å². The summed E-state index contributed by atoms with van der Waals surface area (Å²) >= 11 is 5.05. The largest absolute Gasteiger partial charge is 0.497 e. The van der Waals surface area contributed by atoms with Gasteiger partial charge in [0.05, 0.1) is 17.0 Å². The van der Waals surface area contributed by atoms with Crippen molar-refractivity contribution < 1.29 is 14.6 Å². The highest BCUT2D eigenvalue weighted by Gasteiger charge is 2.11. The fourth-order valence-corrected chi connectivity index (χ4v) is 3.09. The average Bonchev–Trinajstić information content (AvgIpc) is 2.81. The first kappa shape index (κ1) is 14.4. The van der Waals surface area contributed by atoms with Gasteiger partial charge in [-0.3, -0.25) is 0 Å². The molecule has 0 aliphatic heterocycles. The maximum Gasteiger partial charge on any atom is 0.129 e. The number of methoxy groups -OCH3 is 1. The highest BCUT2D eigenvalue weighted by Crippen LogP contribution is 2.31. The Morgan fingerprint density at radius 2 is 2.11 bits per heavy atom. The lowest BCUT2D eigenvalue weighted by molar-refractivity contribution is 0.190. The highest BCUT2D eigenvalue weighted by atomic mass is 79.9. The molecule has 0 fully saturated rings. The van der Waals surface area contributed by atoms with E-state index in [-0.39, 0.29) is 0 Å². The monoisotopic (exact) mass is 342 g/mol. The summed E-state index contributed by atoms with van der Waals surface area (Å²) in [4.78, 5) is 1.12. The van der Waals surface area contributed by atoms with Gasteiger partial charge in [-0.1, -0.05) is 0 Å². The molecule has 102 valence electrons. The van der Waals surface area contributed by atoms with Crippen LogP contribution in [0.5, 0.6) is 11.5 Å². The zero-order valence-electron chi connectivity index (χ0n) is 10.7. The van der Waals surface area contributed by atoms with E-state index in [1.54, 1.807) is 31.4 Å². The van der Waals surface area contributed by atoms with E-state index in [1.807, 2.05) is 24.3 Å². The summed E-state index contributed by atoms with van der Waals surface area (Å²) in [6, 6.07) is 9.44. The third-order valence-electron chi connectivity index (χ3n) is 2.67. The fraction of sp³-hybridized carbons (Fsp3) is 0.286. The Hall–Kier alpha value is -1.04. The summed E-state index contributed by atoms with van der Waals surface area (Å²) in [5.74, 6) is 1.37. The van der Waals surface area contributed by atoms with Gasteiger partial charge in [0.2, 0.25) is 0 Å². The van der Waals surface area contributed by atoms with Crippen molar-refractivity contribution >= 4 is 27.3 Å². The van der Waals surface area contributed by atoms with Crippen LogP contribution >= 0.6 is 27.3 Å². The van der Waals surface area contributed by atoms with Crippen molar-refractivity contribution in [3.05, 3.63) is 44.6 Å². The maximum atomic E-state index is 9.74. The number of thiophene rings is 1. The lowest BCUT2D eigenvalue weighted by Gasteiger charge is -2.14. The fourth-order valence-electron chi connectivity index (χ4n) is 1.69. The Kier molecular flexibility index (Phi) is 4.85. The van der Waals surface area contributed by atoms with Crippen molar-refractivity contribution in [3.8, 4) is 11.5 Å². The van der Waals surface area contributed by atoms with E-state index < -0.39 is 6.10 Å². The van der Waals surface area contributed by atoms with Crippen LogP contribution in [0.4, 0.5) is 0 Å². The number of hydrogen-bond donors (Lipinski definition) is 1. The van der Waals surface area contributed by atoms with E-state index >= 15 is 0 Å². The van der Waals surface area contributed by atoms with Gasteiger partial charge in [-0.15, -0.1) is 11.3 Å². The SMILES string of the molecule is COc1ccc([C@H](C)O)c(OCc2ccc(Br)s2)c1. The van der Waals surface area contributed by atoms with Crippen molar-refractivity contribution in [1.82, 2.24) is 0 Å².